The van der Waals surface area contributed by atoms with Gasteiger partial charge in [-0.15, -0.1) is 0 Å². The maximum Gasteiger partial charge on any atom is 0.263 e. The highest BCUT2D eigenvalue weighted by Crippen LogP contribution is 2.35. The molecule has 2 bridgehead atoms. The Bertz CT molecular complexity index is 1170. The first-order valence-electron chi connectivity index (χ1n) is 10.7. The molecule has 1 fully saturated rings. The smallest absolute Gasteiger partial charge is 0.263 e. The molecule has 5 rings (SSSR count). The SMILES string of the molecule is Cc1cc(CNC(=O)c2ccc3n(c2=O)C[C@H]2C[C@@H]3CN(Cc3ccc(C)o3)C2)no1. The number of pyridine rings is 1. The lowest BCUT2D eigenvalue weighted by molar-refractivity contribution is 0.0940. The third-order valence-electron chi connectivity index (χ3n) is 6.21. The van der Waals surface area contributed by atoms with E-state index in [1.165, 1.54) is 0 Å². The molecule has 8 nitrogen and oxygen atoms in total. The summed E-state index contributed by atoms with van der Waals surface area (Å²) in [5.41, 5.74) is 1.61. The zero-order valence-corrected chi connectivity index (χ0v) is 17.8. The number of fused-ring (bicyclic) bond motifs is 4. The van der Waals surface area contributed by atoms with Crippen molar-refractivity contribution in [1.82, 2.24) is 19.9 Å². The lowest BCUT2D eigenvalue weighted by Gasteiger charge is -2.42. The van der Waals surface area contributed by atoms with E-state index in [0.29, 0.717) is 23.9 Å². The Balaban J connectivity index is 1.32. The van der Waals surface area contributed by atoms with Gasteiger partial charge in [0.05, 0.1) is 13.1 Å². The van der Waals surface area contributed by atoms with Crippen LogP contribution >= 0.6 is 0 Å². The lowest BCUT2D eigenvalue weighted by atomic mass is 9.83. The third kappa shape index (κ3) is 3.95. The zero-order chi connectivity index (χ0) is 21.5. The van der Waals surface area contributed by atoms with Gasteiger partial charge in [-0.3, -0.25) is 14.5 Å². The van der Waals surface area contributed by atoms with Crippen LogP contribution in [0.4, 0.5) is 0 Å². The first kappa shape index (κ1) is 19.8. The molecule has 0 radical (unpaired) electrons. The fourth-order valence-corrected chi connectivity index (χ4v) is 4.90. The molecule has 2 aliphatic heterocycles. The minimum Gasteiger partial charge on any atom is -0.465 e. The van der Waals surface area contributed by atoms with E-state index in [1.54, 1.807) is 19.1 Å². The van der Waals surface area contributed by atoms with Gasteiger partial charge in [-0.05, 0) is 50.5 Å². The Morgan fingerprint density at radius 2 is 2.03 bits per heavy atom. The molecule has 0 unspecified atom stereocenters. The van der Waals surface area contributed by atoms with Crippen molar-refractivity contribution >= 4 is 5.91 Å². The van der Waals surface area contributed by atoms with Crippen LogP contribution < -0.4 is 10.9 Å². The van der Waals surface area contributed by atoms with E-state index in [2.05, 4.69) is 15.4 Å². The summed E-state index contributed by atoms with van der Waals surface area (Å²) in [5.74, 6) is 2.87. The number of carbonyl (C=O) groups excluding carboxylic acids is 1. The minimum absolute atomic E-state index is 0.173. The molecule has 162 valence electrons. The van der Waals surface area contributed by atoms with Crippen LogP contribution in [0.1, 0.15) is 51.4 Å². The first-order valence-corrected chi connectivity index (χ1v) is 10.7. The molecule has 2 aliphatic rings. The standard InChI is InChI=1S/C23H26N4O4/c1-14-3-4-19(30-14)13-26-10-16-8-17(12-26)21-6-5-20(23(29)27(21)11-16)22(28)24-9-18-7-15(2)31-25-18/h3-7,16-17H,8-13H2,1-2H3,(H,24,28)/t16-,17+/m0/s1. The molecular formula is C23H26N4O4. The van der Waals surface area contributed by atoms with Crippen molar-refractivity contribution in [1.29, 1.82) is 0 Å². The Labute approximate surface area is 179 Å². The molecular weight excluding hydrogens is 396 g/mol. The number of furan rings is 1. The second-order valence-corrected chi connectivity index (χ2v) is 8.70. The number of nitrogens with one attached hydrogen (secondary N) is 1. The normalized spacial score (nSPS) is 20.5. The van der Waals surface area contributed by atoms with Gasteiger partial charge >= 0.3 is 0 Å². The predicted molar refractivity (Wildman–Crippen MR) is 113 cm³/mol. The number of likely N-dealkylation sites (tertiary alicyclic amines) is 1. The number of nitrogens with zero attached hydrogens (tertiary/aromatic N) is 3. The van der Waals surface area contributed by atoms with Crippen LogP contribution in [0.25, 0.3) is 0 Å². The number of piperidine rings is 1. The predicted octanol–water partition coefficient (Wildman–Crippen LogP) is 2.60. The number of aryl methyl sites for hydroxylation is 2. The van der Waals surface area contributed by atoms with Gasteiger partial charge < -0.3 is 18.8 Å². The van der Waals surface area contributed by atoms with Gasteiger partial charge in [0.1, 0.15) is 28.5 Å². The molecule has 0 spiro atoms. The summed E-state index contributed by atoms with van der Waals surface area (Å²) < 4.78 is 12.6. The quantitative estimate of drug-likeness (QED) is 0.679. The van der Waals surface area contributed by atoms with Gasteiger partial charge in [0, 0.05) is 37.3 Å². The van der Waals surface area contributed by atoms with Crippen molar-refractivity contribution in [2.75, 3.05) is 13.1 Å². The van der Waals surface area contributed by atoms with Gasteiger partial charge in [-0.1, -0.05) is 5.16 Å². The molecule has 2 atom stereocenters. The van der Waals surface area contributed by atoms with Crippen LogP contribution in [-0.4, -0.2) is 33.6 Å². The van der Waals surface area contributed by atoms with Gasteiger partial charge in [-0.2, -0.15) is 0 Å². The Morgan fingerprint density at radius 3 is 2.77 bits per heavy atom. The summed E-state index contributed by atoms with van der Waals surface area (Å²) in [6.07, 6.45) is 1.07. The van der Waals surface area contributed by atoms with Crippen molar-refractivity contribution in [3.8, 4) is 0 Å². The van der Waals surface area contributed by atoms with Crippen LogP contribution in [0.2, 0.25) is 0 Å². The molecule has 5 heterocycles. The minimum atomic E-state index is -0.383. The van der Waals surface area contributed by atoms with Crippen molar-refractivity contribution in [2.24, 2.45) is 5.92 Å². The average Bonchev–Trinajstić information content (AvgIpc) is 3.34. The lowest BCUT2D eigenvalue weighted by Crippen LogP contribution is -2.47. The van der Waals surface area contributed by atoms with Gasteiger partial charge in [0.15, 0.2) is 0 Å². The van der Waals surface area contributed by atoms with E-state index in [1.807, 2.05) is 29.7 Å². The highest BCUT2D eigenvalue weighted by atomic mass is 16.5. The third-order valence-corrected chi connectivity index (χ3v) is 6.21. The van der Waals surface area contributed by atoms with E-state index in [-0.39, 0.29) is 29.5 Å². The Hall–Kier alpha value is -3.13. The number of amides is 1. The number of carbonyl (C=O) groups is 1. The molecule has 0 aliphatic carbocycles. The topological polar surface area (TPSA) is 93.5 Å². The molecule has 1 saturated heterocycles. The summed E-state index contributed by atoms with van der Waals surface area (Å²) >= 11 is 0. The van der Waals surface area contributed by atoms with Crippen LogP contribution in [0.15, 0.2) is 44.1 Å². The molecule has 3 aromatic heterocycles. The highest BCUT2D eigenvalue weighted by molar-refractivity contribution is 5.93. The zero-order valence-electron chi connectivity index (χ0n) is 17.8. The summed E-state index contributed by atoms with van der Waals surface area (Å²) in [4.78, 5) is 28.2. The maximum absolute atomic E-state index is 13.1. The monoisotopic (exact) mass is 422 g/mol. The van der Waals surface area contributed by atoms with Crippen LogP contribution in [0.5, 0.6) is 0 Å². The second kappa shape index (κ2) is 7.85. The molecule has 8 heteroatoms. The number of rotatable bonds is 5. The molecule has 31 heavy (non-hydrogen) atoms. The summed E-state index contributed by atoms with van der Waals surface area (Å²) in [6, 6.07) is 9.39. The number of hydrogen-bond donors (Lipinski definition) is 1. The van der Waals surface area contributed by atoms with Gasteiger partial charge in [0.2, 0.25) is 0 Å². The fourth-order valence-electron chi connectivity index (χ4n) is 4.90. The molecule has 1 amide bonds. The van der Waals surface area contributed by atoms with E-state index in [4.69, 9.17) is 8.94 Å². The molecule has 3 aromatic rings. The molecule has 0 saturated carbocycles. The summed E-state index contributed by atoms with van der Waals surface area (Å²) in [6.45, 7) is 7.20. The molecule has 1 N–H and O–H groups in total. The Kier molecular flexibility index (Phi) is 5.02. The second-order valence-electron chi connectivity index (χ2n) is 8.70. The van der Waals surface area contributed by atoms with Crippen molar-refractivity contribution in [2.45, 2.75) is 45.8 Å². The van der Waals surface area contributed by atoms with Crippen LogP contribution in [0.3, 0.4) is 0 Å². The van der Waals surface area contributed by atoms with Gasteiger partial charge in [-0.25, -0.2) is 0 Å². The van der Waals surface area contributed by atoms with E-state index in [0.717, 1.165) is 43.3 Å². The van der Waals surface area contributed by atoms with Crippen LogP contribution in [0, 0.1) is 19.8 Å². The number of aromatic nitrogens is 2. The first-order chi connectivity index (χ1) is 15.0. The van der Waals surface area contributed by atoms with Crippen molar-refractivity contribution in [3.05, 3.63) is 74.9 Å². The number of hydrogen-bond acceptors (Lipinski definition) is 6. The average molecular weight is 422 g/mol. The van der Waals surface area contributed by atoms with Gasteiger partial charge in [0.25, 0.3) is 11.5 Å². The largest absolute Gasteiger partial charge is 0.465 e. The summed E-state index contributed by atoms with van der Waals surface area (Å²) in [7, 11) is 0. The molecule has 0 aromatic carbocycles. The van der Waals surface area contributed by atoms with Crippen LogP contribution in [-0.2, 0) is 19.6 Å². The Morgan fingerprint density at radius 1 is 1.16 bits per heavy atom. The highest BCUT2D eigenvalue weighted by Gasteiger charge is 2.35. The van der Waals surface area contributed by atoms with Crippen molar-refractivity contribution < 1.29 is 13.7 Å². The summed E-state index contributed by atoms with van der Waals surface area (Å²) in [5, 5.41) is 6.64. The van der Waals surface area contributed by atoms with E-state index in [9.17, 15) is 9.59 Å². The fraction of sp³-hybridized carbons (Fsp3) is 0.435. The maximum atomic E-state index is 13.1. The van der Waals surface area contributed by atoms with E-state index >= 15 is 0 Å². The van der Waals surface area contributed by atoms with E-state index < -0.39 is 0 Å². The van der Waals surface area contributed by atoms with Crippen molar-refractivity contribution in [3.63, 3.8) is 0 Å².